The summed E-state index contributed by atoms with van der Waals surface area (Å²) in [6, 6.07) is 7.87. The Hall–Kier alpha value is -2.09. The first kappa shape index (κ1) is 15.0. The summed E-state index contributed by atoms with van der Waals surface area (Å²) in [6.07, 6.45) is 0. The van der Waals surface area contributed by atoms with E-state index in [0.717, 1.165) is 0 Å². The molecule has 100 valence electrons. The summed E-state index contributed by atoms with van der Waals surface area (Å²) in [6.45, 7) is 4.09. The standard InChI is InChI=1S/C12H14N4O2S/c1-9(2)8-15-19(17,18)16-12-4-3-10(6-13)11(5-12)7-14/h3-5,9,15-16H,8H2,1-2H3. The van der Waals surface area contributed by atoms with Crippen molar-refractivity contribution in [3.63, 3.8) is 0 Å². The lowest BCUT2D eigenvalue weighted by atomic mass is 10.1. The molecule has 0 saturated heterocycles. The van der Waals surface area contributed by atoms with Crippen molar-refractivity contribution in [2.75, 3.05) is 11.3 Å². The van der Waals surface area contributed by atoms with Crippen LogP contribution in [-0.4, -0.2) is 15.0 Å². The number of nitriles is 2. The summed E-state index contributed by atoms with van der Waals surface area (Å²) in [7, 11) is -3.67. The monoisotopic (exact) mass is 278 g/mol. The molecule has 2 N–H and O–H groups in total. The van der Waals surface area contributed by atoms with Crippen LogP contribution in [-0.2, 0) is 10.2 Å². The number of hydrogen-bond acceptors (Lipinski definition) is 4. The van der Waals surface area contributed by atoms with Gasteiger partial charge in [-0.25, -0.2) is 0 Å². The lowest BCUT2D eigenvalue weighted by Gasteiger charge is -2.11. The Kier molecular flexibility index (Phi) is 4.87. The lowest BCUT2D eigenvalue weighted by molar-refractivity contribution is 0.565. The fraction of sp³-hybridized carbons (Fsp3) is 0.333. The molecule has 0 bridgehead atoms. The Labute approximate surface area is 112 Å². The molecule has 0 aromatic heterocycles. The van der Waals surface area contributed by atoms with Gasteiger partial charge in [-0.2, -0.15) is 23.7 Å². The Bertz CT molecular complexity index is 639. The van der Waals surface area contributed by atoms with Gasteiger partial charge >= 0.3 is 0 Å². The van der Waals surface area contributed by atoms with Crippen molar-refractivity contribution in [3.8, 4) is 12.1 Å². The first-order chi connectivity index (χ1) is 8.88. The van der Waals surface area contributed by atoms with Gasteiger partial charge in [0, 0.05) is 6.54 Å². The summed E-state index contributed by atoms with van der Waals surface area (Å²) in [5.74, 6) is 0.187. The molecule has 0 aliphatic rings. The molecule has 0 amide bonds. The zero-order valence-corrected chi connectivity index (χ0v) is 11.5. The quantitative estimate of drug-likeness (QED) is 0.847. The molecule has 7 heteroatoms. The summed E-state index contributed by atoms with van der Waals surface area (Å²) < 4.78 is 28.1. The van der Waals surface area contributed by atoms with E-state index in [1.54, 1.807) is 0 Å². The van der Waals surface area contributed by atoms with Gasteiger partial charge in [-0.1, -0.05) is 13.8 Å². The van der Waals surface area contributed by atoms with Gasteiger partial charge in [0.1, 0.15) is 12.1 Å². The molecule has 0 radical (unpaired) electrons. The summed E-state index contributed by atoms with van der Waals surface area (Å²) in [5.41, 5.74) is 0.582. The highest BCUT2D eigenvalue weighted by Crippen LogP contribution is 2.15. The van der Waals surface area contributed by atoms with Crippen molar-refractivity contribution in [2.24, 2.45) is 5.92 Å². The minimum absolute atomic E-state index is 0.131. The molecule has 1 aromatic rings. The third-order valence-electron chi connectivity index (χ3n) is 2.19. The molecule has 0 aliphatic carbocycles. The lowest BCUT2D eigenvalue weighted by Crippen LogP contribution is -2.32. The second-order valence-corrected chi connectivity index (χ2v) is 5.83. The predicted octanol–water partition coefficient (Wildman–Crippen LogP) is 1.33. The summed E-state index contributed by atoms with van der Waals surface area (Å²) in [4.78, 5) is 0. The van der Waals surface area contributed by atoms with Crippen LogP contribution in [0, 0.1) is 28.6 Å². The number of nitrogens with zero attached hydrogens (tertiary/aromatic N) is 2. The Morgan fingerprint density at radius 3 is 2.37 bits per heavy atom. The van der Waals surface area contributed by atoms with Gasteiger partial charge in [0.15, 0.2) is 0 Å². The number of benzene rings is 1. The van der Waals surface area contributed by atoms with Crippen molar-refractivity contribution in [1.82, 2.24) is 4.72 Å². The molecule has 0 saturated carbocycles. The molecule has 6 nitrogen and oxygen atoms in total. The second kappa shape index (κ2) is 6.19. The van der Waals surface area contributed by atoms with E-state index in [1.807, 2.05) is 26.0 Å². The van der Waals surface area contributed by atoms with Gasteiger partial charge in [-0.3, -0.25) is 4.72 Å². The highest BCUT2D eigenvalue weighted by molar-refractivity contribution is 7.90. The minimum atomic E-state index is -3.67. The maximum Gasteiger partial charge on any atom is 0.299 e. The van der Waals surface area contributed by atoms with E-state index in [4.69, 9.17) is 10.5 Å². The highest BCUT2D eigenvalue weighted by atomic mass is 32.2. The third kappa shape index (κ3) is 4.59. The van der Waals surface area contributed by atoms with Crippen molar-refractivity contribution in [3.05, 3.63) is 29.3 Å². The fourth-order valence-electron chi connectivity index (χ4n) is 1.27. The molecule has 0 aliphatic heterocycles. The van der Waals surface area contributed by atoms with Crippen LogP contribution in [0.25, 0.3) is 0 Å². The van der Waals surface area contributed by atoms with Gasteiger partial charge < -0.3 is 0 Å². The highest BCUT2D eigenvalue weighted by Gasteiger charge is 2.11. The molecule has 0 unspecified atom stereocenters. The number of hydrogen-bond donors (Lipinski definition) is 2. The maximum atomic E-state index is 11.7. The van der Waals surface area contributed by atoms with Gasteiger partial charge in [0.25, 0.3) is 10.2 Å². The summed E-state index contributed by atoms with van der Waals surface area (Å²) >= 11 is 0. The zero-order valence-electron chi connectivity index (χ0n) is 10.6. The molecular formula is C12H14N4O2S. The van der Waals surface area contributed by atoms with Gasteiger partial charge in [0.05, 0.1) is 16.8 Å². The van der Waals surface area contributed by atoms with Crippen LogP contribution in [0.15, 0.2) is 18.2 Å². The number of nitrogens with one attached hydrogen (secondary N) is 2. The molecule has 0 atom stereocenters. The van der Waals surface area contributed by atoms with E-state index in [-0.39, 0.29) is 22.7 Å². The molecule has 19 heavy (non-hydrogen) atoms. The number of anilines is 1. The largest absolute Gasteiger partial charge is 0.299 e. The SMILES string of the molecule is CC(C)CNS(=O)(=O)Nc1ccc(C#N)c(C#N)c1. The van der Waals surface area contributed by atoms with Crippen LogP contribution in [0.3, 0.4) is 0 Å². The molecule has 1 aromatic carbocycles. The van der Waals surface area contributed by atoms with E-state index in [0.29, 0.717) is 6.54 Å². The third-order valence-corrected chi connectivity index (χ3v) is 3.25. The van der Waals surface area contributed by atoms with E-state index in [2.05, 4.69) is 9.44 Å². The summed E-state index contributed by atoms with van der Waals surface area (Å²) in [5, 5.41) is 17.6. The van der Waals surface area contributed by atoms with Gasteiger partial charge in [-0.15, -0.1) is 0 Å². The first-order valence-electron chi connectivity index (χ1n) is 5.59. The van der Waals surface area contributed by atoms with Crippen LogP contribution in [0.4, 0.5) is 5.69 Å². The fourth-order valence-corrected chi connectivity index (χ4v) is 2.33. The van der Waals surface area contributed by atoms with Crippen LogP contribution >= 0.6 is 0 Å². The predicted molar refractivity (Wildman–Crippen MR) is 71.3 cm³/mol. The van der Waals surface area contributed by atoms with Crippen LogP contribution in [0.5, 0.6) is 0 Å². The molecule has 0 fully saturated rings. The normalized spacial score (nSPS) is 10.8. The van der Waals surface area contributed by atoms with Gasteiger partial charge in [-0.05, 0) is 24.1 Å². The average molecular weight is 278 g/mol. The Morgan fingerprint density at radius 1 is 1.21 bits per heavy atom. The van der Waals surface area contributed by atoms with E-state index < -0.39 is 10.2 Å². The van der Waals surface area contributed by atoms with Crippen molar-refractivity contribution < 1.29 is 8.42 Å². The van der Waals surface area contributed by atoms with Gasteiger partial charge in [0.2, 0.25) is 0 Å². The Balaban J connectivity index is 2.90. The van der Waals surface area contributed by atoms with E-state index in [9.17, 15) is 8.42 Å². The smallest absolute Gasteiger partial charge is 0.271 e. The van der Waals surface area contributed by atoms with Crippen LogP contribution < -0.4 is 9.44 Å². The molecular weight excluding hydrogens is 264 g/mol. The molecule has 1 rings (SSSR count). The maximum absolute atomic E-state index is 11.7. The van der Waals surface area contributed by atoms with Crippen LogP contribution in [0.1, 0.15) is 25.0 Å². The average Bonchev–Trinajstić information content (AvgIpc) is 2.36. The second-order valence-electron chi connectivity index (χ2n) is 4.33. The Morgan fingerprint density at radius 2 is 1.84 bits per heavy atom. The van der Waals surface area contributed by atoms with Crippen molar-refractivity contribution in [2.45, 2.75) is 13.8 Å². The minimum Gasteiger partial charge on any atom is -0.271 e. The number of rotatable bonds is 5. The van der Waals surface area contributed by atoms with E-state index >= 15 is 0 Å². The molecule has 0 heterocycles. The van der Waals surface area contributed by atoms with Crippen LogP contribution in [0.2, 0.25) is 0 Å². The van der Waals surface area contributed by atoms with Crippen molar-refractivity contribution >= 4 is 15.9 Å². The van der Waals surface area contributed by atoms with Crippen molar-refractivity contribution in [1.29, 1.82) is 10.5 Å². The zero-order chi connectivity index (χ0) is 14.5. The van der Waals surface area contributed by atoms with E-state index in [1.165, 1.54) is 18.2 Å². The topological polar surface area (TPSA) is 106 Å². The molecule has 0 spiro atoms. The first-order valence-corrected chi connectivity index (χ1v) is 7.08.